The lowest BCUT2D eigenvalue weighted by molar-refractivity contribution is -0.141. The molecule has 0 saturated carbocycles. The second-order valence-electron chi connectivity index (χ2n) is 27.3. The molecule has 2 atom stereocenters. The lowest BCUT2D eigenvalue weighted by Crippen LogP contribution is -2.70. The van der Waals surface area contributed by atoms with Crippen molar-refractivity contribution < 1.29 is 67.0 Å². The standard InChI is InChI=1S/C60H90N10O14/c1-31(2)28-37(43(74)65-55(11,12)45(76)62-32(3)42(73)64-56(13,14)46(77)66-54(9,10)44(75)61-26-27-83-21)63-50(81)60(29-33-22-24-35-39-36(25-23-34(30-60)38(33)39)41(72)53(7,8)40(35)71)69-49(80)58(17,18)67-47(78)57(15,16)68-48(79)59(19,20)70-51(82)84-52(4,5)6/h22-25,31-32,37H,26-30H2,1-21H3,(H,61,75)(H,62,76)(H,63,81)(H,64,73)(H,65,74)(H,66,77)(H,67,78)(H,68,79)(H,69,80)(H,70,82)/t32-,37-/m0/s1. The van der Waals surface area contributed by atoms with Crippen molar-refractivity contribution in [1.82, 2.24) is 53.2 Å². The third kappa shape index (κ3) is 15.8. The van der Waals surface area contributed by atoms with Crippen LogP contribution in [-0.2, 0) is 65.5 Å². The van der Waals surface area contributed by atoms with Crippen LogP contribution in [0.15, 0.2) is 24.3 Å². The molecule has 0 bridgehead atoms. The van der Waals surface area contributed by atoms with Gasteiger partial charge >= 0.3 is 6.09 Å². The molecule has 24 nitrogen and oxygen atoms in total. The summed E-state index contributed by atoms with van der Waals surface area (Å²) in [6, 6.07) is 3.87. The number of hydrogen-bond acceptors (Lipinski definition) is 14. The molecule has 464 valence electrons. The average Bonchev–Trinajstić information content (AvgIpc) is 0.903. The number of hydrogen-bond donors (Lipinski definition) is 10. The number of carbonyl (C=O) groups is 12. The van der Waals surface area contributed by atoms with Crippen LogP contribution in [0.3, 0.4) is 0 Å². The van der Waals surface area contributed by atoms with Gasteiger partial charge in [0.1, 0.15) is 56.5 Å². The van der Waals surface area contributed by atoms with Crippen LogP contribution in [0.1, 0.15) is 177 Å². The van der Waals surface area contributed by atoms with Gasteiger partial charge in [-0.3, -0.25) is 52.7 Å². The third-order valence-corrected chi connectivity index (χ3v) is 14.8. The molecule has 10 N–H and O–H groups in total. The number of rotatable bonds is 23. The van der Waals surface area contributed by atoms with E-state index in [1.54, 1.807) is 72.7 Å². The molecule has 84 heavy (non-hydrogen) atoms. The van der Waals surface area contributed by atoms with Gasteiger partial charge < -0.3 is 62.6 Å². The van der Waals surface area contributed by atoms with E-state index in [-0.39, 0.29) is 49.9 Å². The summed E-state index contributed by atoms with van der Waals surface area (Å²) in [6.07, 6.45) is -1.32. The first kappa shape index (κ1) is 69.0. The summed E-state index contributed by atoms with van der Waals surface area (Å²) in [5.41, 5.74) is -12.3. The number of amides is 10. The van der Waals surface area contributed by atoms with E-state index in [1.807, 2.05) is 0 Å². The smallest absolute Gasteiger partial charge is 0.408 e. The molecule has 0 aromatic heterocycles. The predicted octanol–water partition coefficient (Wildman–Crippen LogP) is 2.77. The van der Waals surface area contributed by atoms with Crippen molar-refractivity contribution in [3.05, 3.63) is 46.5 Å². The van der Waals surface area contributed by atoms with Gasteiger partial charge in [-0.25, -0.2) is 4.79 Å². The fourth-order valence-corrected chi connectivity index (χ4v) is 9.44. The summed E-state index contributed by atoms with van der Waals surface area (Å²) in [5, 5.41) is 27.7. The van der Waals surface area contributed by atoms with Gasteiger partial charge in [-0.15, -0.1) is 0 Å². The Hall–Kier alpha value is -7.50. The fraction of sp³-hybridized carbons (Fsp3) is 0.633. The van der Waals surface area contributed by atoms with Gasteiger partial charge in [0.15, 0.2) is 11.6 Å². The summed E-state index contributed by atoms with van der Waals surface area (Å²) in [7, 11) is 1.48. The summed E-state index contributed by atoms with van der Waals surface area (Å²) in [6.45, 7) is 30.5. The second kappa shape index (κ2) is 24.6. The summed E-state index contributed by atoms with van der Waals surface area (Å²) in [4.78, 5) is 166. The first-order valence-corrected chi connectivity index (χ1v) is 28.1. The fourth-order valence-electron chi connectivity index (χ4n) is 9.44. The number of ether oxygens (including phenoxy) is 2. The number of Topliss-reactive ketones (excluding diaryl/α,β-unsaturated/α-hetero) is 2. The van der Waals surface area contributed by atoms with Crippen LogP contribution in [0.25, 0.3) is 10.8 Å². The van der Waals surface area contributed by atoms with Gasteiger partial charge in [-0.2, -0.15) is 0 Å². The summed E-state index contributed by atoms with van der Waals surface area (Å²) >= 11 is 0. The Morgan fingerprint density at radius 3 is 1.39 bits per heavy atom. The third-order valence-electron chi connectivity index (χ3n) is 14.8. The highest BCUT2D eigenvalue weighted by atomic mass is 16.6. The molecule has 2 aliphatic rings. The van der Waals surface area contributed by atoms with Crippen molar-refractivity contribution in [2.75, 3.05) is 20.3 Å². The monoisotopic (exact) mass is 1170 g/mol. The maximum atomic E-state index is 15.4. The quantitative estimate of drug-likeness (QED) is 0.0565. The normalized spacial score (nSPS) is 15.8. The van der Waals surface area contributed by atoms with Crippen LogP contribution < -0.4 is 53.2 Å². The van der Waals surface area contributed by atoms with Gasteiger partial charge in [-0.1, -0.05) is 38.1 Å². The molecule has 0 saturated heterocycles. The van der Waals surface area contributed by atoms with Gasteiger partial charge in [0.05, 0.1) is 12.0 Å². The lowest BCUT2D eigenvalue weighted by atomic mass is 9.67. The second-order valence-corrected chi connectivity index (χ2v) is 27.3. The molecular formula is C60H90N10O14. The maximum absolute atomic E-state index is 15.4. The molecule has 2 aromatic rings. The molecule has 0 spiro atoms. The topological polar surface area (TPSA) is 344 Å². The average molecular weight is 1180 g/mol. The first-order chi connectivity index (χ1) is 38.1. The maximum Gasteiger partial charge on any atom is 0.408 e. The number of nitrogens with one attached hydrogen (secondary N) is 10. The van der Waals surface area contributed by atoms with Crippen molar-refractivity contribution in [2.24, 2.45) is 11.3 Å². The van der Waals surface area contributed by atoms with E-state index < -0.39 is 121 Å². The van der Waals surface area contributed by atoms with Crippen LogP contribution in [0, 0.1) is 11.3 Å². The minimum absolute atomic E-state index is 0.0201. The molecule has 2 aromatic carbocycles. The zero-order chi connectivity index (χ0) is 64.5. The Kier molecular flexibility index (Phi) is 20.2. The van der Waals surface area contributed by atoms with Crippen molar-refractivity contribution in [2.45, 2.75) is 214 Å². The van der Waals surface area contributed by atoms with Crippen LogP contribution in [0.5, 0.6) is 0 Å². The molecule has 0 fully saturated rings. The number of methoxy groups -OCH3 is 1. The SMILES string of the molecule is COCCNC(=O)C(C)(C)NC(=O)C(C)(C)NC(=O)[C@H](C)NC(=O)C(C)(C)NC(=O)[C@H](CC(C)C)NC(=O)C1(NC(=O)C(C)(C)NC(=O)C(C)(C)NC(=O)C(C)(C)NC(=O)OC(C)(C)C)Cc2ccc3c4c(ccc(c24)C1)C(=O)C(C)(C)C3=O. The van der Waals surface area contributed by atoms with Crippen molar-refractivity contribution in [3.63, 3.8) is 0 Å². The van der Waals surface area contributed by atoms with E-state index in [9.17, 15) is 52.7 Å². The molecule has 0 unspecified atom stereocenters. The molecule has 0 heterocycles. The molecule has 24 heteroatoms. The Labute approximate surface area is 492 Å². The Bertz CT molecular complexity index is 2960. The molecule has 0 aliphatic heterocycles. The Morgan fingerprint density at radius 1 is 0.524 bits per heavy atom. The zero-order valence-corrected chi connectivity index (χ0v) is 52.8. The molecular weight excluding hydrogens is 1080 g/mol. The highest BCUT2D eigenvalue weighted by Crippen LogP contribution is 2.44. The van der Waals surface area contributed by atoms with E-state index in [0.29, 0.717) is 33.0 Å². The molecule has 0 radical (unpaired) electrons. The number of carbonyl (C=O) groups excluding carboxylic acids is 12. The molecule has 4 rings (SSSR count). The van der Waals surface area contributed by atoms with E-state index in [2.05, 4.69) is 53.2 Å². The number of ketones is 2. The zero-order valence-electron chi connectivity index (χ0n) is 52.8. The molecule has 2 aliphatic carbocycles. The first-order valence-electron chi connectivity index (χ1n) is 28.1. The van der Waals surface area contributed by atoms with Crippen LogP contribution in [0.4, 0.5) is 4.79 Å². The van der Waals surface area contributed by atoms with Crippen LogP contribution >= 0.6 is 0 Å². The van der Waals surface area contributed by atoms with Crippen molar-refractivity contribution in [3.8, 4) is 0 Å². The highest BCUT2D eigenvalue weighted by Gasteiger charge is 2.51. The van der Waals surface area contributed by atoms with E-state index in [1.165, 1.54) is 97.1 Å². The van der Waals surface area contributed by atoms with Gasteiger partial charge in [-0.05, 0) is 153 Å². The Morgan fingerprint density at radius 2 is 0.940 bits per heavy atom. The molecule has 10 amide bonds. The van der Waals surface area contributed by atoms with Crippen LogP contribution in [0.2, 0.25) is 0 Å². The number of benzene rings is 2. The minimum Gasteiger partial charge on any atom is -0.444 e. The largest absolute Gasteiger partial charge is 0.444 e. The van der Waals surface area contributed by atoms with E-state index in [0.717, 1.165) is 0 Å². The number of alkyl carbamates (subject to hydrolysis) is 1. The lowest BCUT2D eigenvalue weighted by Gasteiger charge is -2.42. The van der Waals surface area contributed by atoms with Crippen molar-refractivity contribution >= 4 is 81.6 Å². The minimum atomic E-state index is -1.94. The van der Waals surface area contributed by atoms with Gasteiger partial charge in [0.25, 0.3) is 0 Å². The Balaban J connectivity index is 1.64. The summed E-state index contributed by atoms with van der Waals surface area (Å²) < 4.78 is 10.3. The van der Waals surface area contributed by atoms with Gasteiger partial charge in [0.2, 0.25) is 53.2 Å². The highest BCUT2D eigenvalue weighted by molar-refractivity contribution is 6.32. The predicted molar refractivity (Wildman–Crippen MR) is 313 cm³/mol. The van der Waals surface area contributed by atoms with Gasteiger partial charge in [0, 0.05) is 43.0 Å². The van der Waals surface area contributed by atoms with Crippen molar-refractivity contribution in [1.29, 1.82) is 0 Å². The summed E-state index contributed by atoms with van der Waals surface area (Å²) in [5.74, 6) is -7.87. The van der Waals surface area contributed by atoms with Crippen LogP contribution in [-0.4, -0.2) is 148 Å². The van der Waals surface area contributed by atoms with E-state index >= 15 is 4.79 Å². The van der Waals surface area contributed by atoms with E-state index in [4.69, 9.17) is 9.47 Å².